The summed E-state index contributed by atoms with van der Waals surface area (Å²) in [5.74, 6) is 2.36. The summed E-state index contributed by atoms with van der Waals surface area (Å²) in [7, 11) is -3.05. The van der Waals surface area contributed by atoms with Crippen molar-refractivity contribution in [3.63, 3.8) is 0 Å². The second-order valence-electron chi connectivity index (χ2n) is 6.39. The number of nitrogens with zero attached hydrogens (tertiary/aromatic N) is 3. The van der Waals surface area contributed by atoms with Crippen molar-refractivity contribution in [2.75, 3.05) is 32.1 Å². The average molecular weight is 343 g/mol. The highest BCUT2D eigenvalue weighted by atomic mass is 32.2. The third-order valence-electron chi connectivity index (χ3n) is 4.84. The predicted molar refractivity (Wildman–Crippen MR) is 84.6 cm³/mol. The third-order valence-corrected chi connectivity index (χ3v) is 6.69. The van der Waals surface area contributed by atoms with Crippen molar-refractivity contribution >= 4 is 10.0 Å². The van der Waals surface area contributed by atoms with Crippen molar-refractivity contribution in [1.82, 2.24) is 14.4 Å². The number of hydrogen-bond donors (Lipinski definition) is 0. The fourth-order valence-corrected chi connectivity index (χ4v) is 4.47. The predicted octanol–water partition coefficient (Wildman–Crippen LogP) is 1.57. The molecule has 2 aliphatic rings. The Morgan fingerprint density at radius 2 is 2.04 bits per heavy atom. The molecule has 8 heteroatoms. The molecule has 0 aromatic carbocycles. The van der Waals surface area contributed by atoms with Crippen LogP contribution < -0.4 is 0 Å². The summed E-state index contributed by atoms with van der Waals surface area (Å²) in [5.41, 5.74) is 0. The van der Waals surface area contributed by atoms with Crippen LogP contribution in [0.2, 0.25) is 0 Å². The van der Waals surface area contributed by atoms with Crippen LogP contribution in [0.3, 0.4) is 0 Å². The van der Waals surface area contributed by atoms with Gasteiger partial charge in [0.05, 0.1) is 5.75 Å². The molecule has 1 aromatic rings. The molecule has 3 rings (SSSR count). The van der Waals surface area contributed by atoms with Gasteiger partial charge in [-0.3, -0.25) is 0 Å². The van der Waals surface area contributed by atoms with Gasteiger partial charge in [-0.25, -0.2) is 12.7 Å². The van der Waals surface area contributed by atoms with E-state index in [0.717, 1.165) is 57.0 Å². The molecular formula is C15H25N3O4S. The maximum atomic E-state index is 11.9. The van der Waals surface area contributed by atoms with Crippen LogP contribution >= 0.6 is 0 Å². The van der Waals surface area contributed by atoms with E-state index in [9.17, 15) is 8.42 Å². The van der Waals surface area contributed by atoms with Gasteiger partial charge in [0.2, 0.25) is 15.9 Å². The van der Waals surface area contributed by atoms with Crippen LogP contribution in [0.4, 0.5) is 0 Å². The lowest BCUT2D eigenvalue weighted by Crippen LogP contribution is -2.30. The monoisotopic (exact) mass is 343 g/mol. The Balaban J connectivity index is 1.49. The van der Waals surface area contributed by atoms with Crippen molar-refractivity contribution in [2.45, 2.75) is 44.9 Å². The van der Waals surface area contributed by atoms with Gasteiger partial charge in [0, 0.05) is 38.6 Å². The molecule has 0 spiro atoms. The van der Waals surface area contributed by atoms with Crippen LogP contribution in [0.1, 0.15) is 50.2 Å². The molecule has 7 nitrogen and oxygen atoms in total. The van der Waals surface area contributed by atoms with Crippen molar-refractivity contribution < 1.29 is 17.7 Å². The number of aryl methyl sites for hydroxylation is 1. The smallest absolute Gasteiger partial charge is 0.229 e. The molecule has 3 heterocycles. The lowest BCUT2D eigenvalue weighted by atomic mass is 10.0. The van der Waals surface area contributed by atoms with Gasteiger partial charge < -0.3 is 9.26 Å². The minimum absolute atomic E-state index is 0.180. The van der Waals surface area contributed by atoms with E-state index in [-0.39, 0.29) is 5.75 Å². The fraction of sp³-hybridized carbons (Fsp3) is 0.867. The van der Waals surface area contributed by atoms with Crippen molar-refractivity contribution in [2.24, 2.45) is 5.92 Å². The zero-order valence-corrected chi connectivity index (χ0v) is 14.4. The van der Waals surface area contributed by atoms with E-state index in [1.165, 1.54) is 0 Å². The van der Waals surface area contributed by atoms with Crippen molar-refractivity contribution in [1.29, 1.82) is 0 Å². The maximum absolute atomic E-state index is 11.9. The Kier molecular flexibility index (Phi) is 5.33. The molecule has 1 atom stereocenters. The van der Waals surface area contributed by atoms with E-state index < -0.39 is 10.0 Å². The Bertz CT molecular complexity index is 610. The van der Waals surface area contributed by atoms with Crippen LogP contribution in [0.15, 0.2) is 4.52 Å². The summed E-state index contributed by atoms with van der Waals surface area (Å²) in [6.45, 7) is 4.47. The van der Waals surface area contributed by atoms with E-state index in [0.29, 0.717) is 24.9 Å². The number of aromatic nitrogens is 2. The highest BCUT2D eigenvalue weighted by Gasteiger charge is 2.30. The summed E-state index contributed by atoms with van der Waals surface area (Å²) >= 11 is 0. The molecule has 2 fully saturated rings. The summed E-state index contributed by atoms with van der Waals surface area (Å²) in [6, 6.07) is 0. The highest BCUT2D eigenvalue weighted by molar-refractivity contribution is 7.89. The Hall–Kier alpha value is -0.990. The van der Waals surface area contributed by atoms with Gasteiger partial charge in [-0.05, 0) is 38.5 Å². The second kappa shape index (κ2) is 7.27. The lowest BCUT2D eigenvalue weighted by Gasteiger charge is -2.17. The first-order chi connectivity index (χ1) is 11.1. The molecule has 130 valence electrons. The van der Waals surface area contributed by atoms with Gasteiger partial charge in [-0.15, -0.1) is 0 Å². The van der Waals surface area contributed by atoms with Gasteiger partial charge in [0.25, 0.3) is 0 Å². The van der Waals surface area contributed by atoms with Gasteiger partial charge >= 0.3 is 0 Å². The highest BCUT2D eigenvalue weighted by Crippen LogP contribution is 2.27. The number of ether oxygens (including phenoxy) is 1. The molecular weight excluding hydrogens is 318 g/mol. The van der Waals surface area contributed by atoms with E-state index in [1.807, 2.05) is 0 Å². The molecule has 0 N–H and O–H groups in total. The Morgan fingerprint density at radius 3 is 2.78 bits per heavy atom. The summed E-state index contributed by atoms with van der Waals surface area (Å²) < 4.78 is 36.1. The molecule has 23 heavy (non-hydrogen) atoms. The maximum Gasteiger partial charge on any atom is 0.229 e. The largest absolute Gasteiger partial charge is 0.381 e. The van der Waals surface area contributed by atoms with Crippen molar-refractivity contribution in [3.05, 3.63) is 11.7 Å². The van der Waals surface area contributed by atoms with E-state index in [4.69, 9.17) is 9.26 Å². The number of rotatable bonds is 6. The van der Waals surface area contributed by atoms with E-state index in [1.54, 1.807) is 11.2 Å². The molecule has 0 bridgehead atoms. The first kappa shape index (κ1) is 16.9. The molecule has 1 unspecified atom stereocenters. The molecule has 0 amide bonds. The van der Waals surface area contributed by atoms with Crippen molar-refractivity contribution in [3.8, 4) is 0 Å². The van der Waals surface area contributed by atoms with Gasteiger partial charge in [-0.1, -0.05) is 5.16 Å². The van der Waals surface area contributed by atoms with Crippen LogP contribution in [0, 0.1) is 5.92 Å². The lowest BCUT2D eigenvalue weighted by molar-refractivity contribution is 0.0778. The minimum Gasteiger partial charge on any atom is -0.381 e. The average Bonchev–Trinajstić information content (AvgIpc) is 3.23. The van der Waals surface area contributed by atoms with Crippen LogP contribution in [0.25, 0.3) is 0 Å². The Morgan fingerprint density at radius 1 is 1.26 bits per heavy atom. The zero-order chi connectivity index (χ0) is 16.3. The molecule has 2 aliphatic heterocycles. The van der Waals surface area contributed by atoms with Crippen LogP contribution in [0.5, 0.6) is 0 Å². The normalized spacial score (nSPS) is 24.3. The summed E-state index contributed by atoms with van der Waals surface area (Å²) in [5, 5.41) is 4.08. The fourth-order valence-electron chi connectivity index (χ4n) is 3.28. The zero-order valence-electron chi connectivity index (χ0n) is 13.6. The second-order valence-corrected chi connectivity index (χ2v) is 8.65. The number of hydrogen-bond acceptors (Lipinski definition) is 6. The van der Waals surface area contributed by atoms with Gasteiger partial charge in [0.1, 0.15) is 0 Å². The van der Waals surface area contributed by atoms with Gasteiger partial charge in [-0.2, -0.15) is 4.98 Å². The van der Waals surface area contributed by atoms with Crippen LogP contribution in [-0.2, 0) is 21.2 Å². The molecule has 1 aromatic heterocycles. The first-order valence-corrected chi connectivity index (χ1v) is 10.1. The molecule has 0 saturated carbocycles. The summed E-state index contributed by atoms with van der Waals surface area (Å²) in [6.07, 6.45) is 4.45. The SMILES string of the molecule is CCS(=O)(=O)N1CCC(CCc2noc(C3CCOCC3)n2)C1. The standard InChI is InChI=1S/C15H25N3O4S/c1-2-23(19,20)18-8-5-12(11-18)3-4-14-16-15(22-17-14)13-6-9-21-10-7-13/h12-13H,2-11H2,1H3. The molecule has 0 radical (unpaired) electrons. The minimum atomic E-state index is -3.05. The van der Waals surface area contributed by atoms with E-state index in [2.05, 4.69) is 10.1 Å². The third kappa shape index (κ3) is 4.10. The van der Waals surface area contributed by atoms with E-state index >= 15 is 0 Å². The summed E-state index contributed by atoms with van der Waals surface area (Å²) in [4.78, 5) is 4.51. The topological polar surface area (TPSA) is 85.5 Å². The van der Waals surface area contributed by atoms with Crippen LogP contribution in [-0.4, -0.2) is 54.9 Å². The number of sulfonamides is 1. The van der Waals surface area contributed by atoms with Gasteiger partial charge in [0.15, 0.2) is 5.82 Å². The Labute approximate surface area is 137 Å². The molecule has 2 saturated heterocycles. The molecule has 0 aliphatic carbocycles. The quantitative estimate of drug-likeness (QED) is 0.779. The first-order valence-electron chi connectivity index (χ1n) is 8.46.